The Labute approximate surface area is 131 Å². The van der Waals surface area contributed by atoms with Crippen LogP contribution in [0.5, 0.6) is 0 Å². The number of carbonyl (C=O) groups excluding carboxylic acids is 1. The van der Waals surface area contributed by atoms with Gasteiger partial charge < -0.3 is 9.42 Å². The lowest BCUT2D eigenvalue weighted by Crippen LogP contribution is -2.38. The van der Waals surface area contributed by atoms with Crippen LogP contribution in [-0.4, -0.2) is 35.2 Å². The lowest BCUT2D eigenvalue weighted by atomic mass is 10.1. The van der Waals surface area contributed by atoms with Crippen LogP contribution >= 0.6 is 0 Å². The van der Waals surface area contributed by atoms with Gasteiger partial charge in [0.25, 0.3) is 5.91 Å². The van der Waals surface area contributed by atoms with Crippen molar-refractivity contribution >= 4 is 5.91 Å². The Morgan fingerprint density at radius 3 is 2.57 bits per heavy atom. The standard InChI is InChI=1S/C16H15F3N2O2/c1-3-8-21(10-16(17,18)19)15(22)14-9-13(20-23-14)12-6-4-11(2)5-7-12/h3-7,9H,1,8,10H2,2H3. The van der Waals surface area contributed by atoms with Gasteiger partial charge in [0.05, 0.1) is 0 Å². The fraction of sp³-hybridized carbons (Fsp3) is 0.250. The van der Waals surface area contributed by atoms with Crippen LogP contribution < -0.4 is 0 Å². The van der Waals surface area contributed by atoms with Gasteiger partial charge in [-0.15, -0.1) is 6.58 Å². The average molecular weight is 324 g/mol. The monoisotopic (exact) mass is 324 g/mol. The van der Waals surface area contributed by atoms with Crippen LogP contribution in [0.4, 0.5) is 13.2 Å². The molecule has 1 aromatic heterocycles. The molecule has 122 valence electrons. The molecule has 0 aliphatic carbocycles. The minimum Gasteiger partial charge on any atom is -0.350 e. The zero-order valence-corrected chi connectivity index (χ0v) is 12.4. The summed E-state index contributed by atoms with van der Waals surface area (Å²) in [6.07, 6.45) is -3.28. The van der Waals surface area contributed by atoms with E-state index in [4.69, 9.17) is 4.52 Å². The van der Waals surface area contributed by atoms with Gasteiger partial charge in [0.2, 0.25) is 5.76 Å². The number of nitrogens with zero attached hydrogens (tertiary/aromatic N) is 2. The highest BCUT2D eigenvalue weighted by molar-refractivity contribution is 5.92. The largest absolute Gasteiger partial charge is 0.406 e. The van der Waals surface area contributed by atoms with E-state index in [1.165, 1.54) is 12.1 Å². The van der Waals surface area contributed by atoms with Crippen molar-refractivity contribution in [3.8, 4) is 11.3 Å². The van der Waals surface area contributed by atoms with E-state index in [0.29, 0.717) is 16.2 Å². The molecule has 0 unspecified atom stereocenters. The molecule has 0 aliphatic rings. The number of aryl methyl sites for hydroxylation is 1. The summed E-state index contributed by atoms with van der Waals surface area (Å²) in [6, 6.07) is 8.63. The Bertz CT molecular complexity index is 690. The third kappa shape index (κ3) is 4.45. The predicted octanol–water partition coefficient (Wildman–Crippen LogP) is 3.84. The number of halogens is 3. The topological polar surface area (TPSA) is 46.3 Å². The highest BCUT2D eigenvalue weighted by atomic mass is 19.4. The summed E-state index contributed by atoms with van der Waals surface area (Å²) in [6.45, 7) is 3.67. The van der Waals surface area contributed by atoms with Crippen LogP contribution in [0.25, 0.3) is 11.3 Å². The highest BCUT2D eigenvalue weighted by Gasteiger charge is 2.34. The van der Waals surface area contributed by atoms with Gasteiger partial charge in [0.1, 0.15) is 12.2 Å². The number of alkyl halides is 3. The van der Waals surface area contributed by atoms with E-state index in [-0.39, 0.29) is 12.3 Å². The first-order chi connectivity index (χ1) is 10.8. The molecular weight excluding hydrogens is 309 g/mol. The summed E-state index contributed by atoms with van der Waals surface area (Å²) >= 11 is 0. The van der Waals surface area contributed by atoms with Crippen LogP contribution in [0.3, 0.4) is 0 Å². The molecular formula is C16H15F3N2O2. The second-order valence-electron chi connectivity index (χ2n) is 5.03. The highest BCUT2D eigenvalue weighted by Crippen LogP contribution is 2.22. The van der Waals surface area contributed by atoms with Gasteiger partial charge in [-0.1, -0.05) is 41.1 Å². The molecule has 4 nitrogen and oxygen atoms in total. The number of aromatic nitrogens is 1. The molecule has 0 fully saturated rings. The molecule has 0 atom stereocenters. The first-order valence-corrected chi connectivity index (χ1v) is 6.81. The smallest absolute Gasteiger partial charge is 0.350 e. The minimum atomic E-state index is -4.50. The molecule has 1 aromatic carbocycles. The SMILES string of the molecule is C=CCN(CC(F)(F)F)C(=O)c1cc(-c2ccc(C)cc2)no1. The number of hydrogen-bond acceptors (Lipinski definition) is 3. The summed E-state index contributed by atoms with van der Waals surface area (Å²) in [5, 5.41) is 3.75. The Balaban J connectivity index is 2.21. The van der Waals surface area contributed by atoms with Crippen molar-refractivity contribution in [3.05, 3.63) is 54.3 Å². The van der Waals surface area contributed by atoms with Crippen molar-refractivity contribution in [2.45, 2.75) is 13.1 Å². The number of hydrogen-bond donors (Lipinski definition) is 0. The first-order valence-electron chi connectivity index (χ1n) is 6.81. The summed E-state index contributed by atoms with van der Waals surface area (Å²) in [5.74, 6) is -1.13. The Morgan fingerprint density at radius 1 is 1.35 bits per heavy atom. The maximum Gasteiger partial charge on any atom is 0.406 e. The molecule has 1 amide bonds. The van der Waals surface area contributed by atoms with Crippen LogP contribution in [0.15, 0.2) is 47.5 Å². The van der Waals surface area contributed by atoms with E-state index in [2.05, 4.69) is 11.7 Å². The molecule has 1 heterocycles. The number of benzene rings is 1. The fourth-order valence-electron chi connectivity index (χ4n) is 1.98. The van der Waals surface area contributed by atoms with Crippen molar-refractivity contribution < 1.29 is 22.5 Å². The molecule has 23 heavy (non-hydrogen) atoms. The van der Waals surface area contributed by atoms with Crippen molar-refractivity contribution in [3.63, 3.8) is 0 Å². The Morgan fingerprint density at radius 2 is 2.00 bits per heavy atom. The van der Waals surface area contributed by atoms with E-state index in [9.17, 15) is 18.0 Å². The van der Waals surface area contributed by atoms with Crippen molar-refractivity contribution in [1.29, 1.82) is 0 Å². The lowest BCUT2D eigenvalue weighted by Gasteiger charge is -2.20. The maximum atomic E-state index is 12.5. The zero-order chi connectivity index (χ0) is 17.0. The van der Waals surface area contributed by atoms with E-state index in [0.717, 1.165) is 5.56 Å². The molecule has 0 saturated carbocycles. The maximum absolute atomic E-state index is 12.5. The van der Waals surface area contributed by atoms with Crippen molar-refractivity contribution in [2.24, 2.45) is 0 Å². The third-order valence-corrected chi connectivity index (χ3v) is 3.08. The number of rotatable bonds is 5. The molecule has 0 aliphatic heterocycles. The third-order valence-electron chi connectivity index (χ3n) is 3.08. The summed E-state index contributed by atoms with van der Waals surface area (Å²) in [5.41, 5.74) is 2.15. The summed E-state index contributed by atoms with van der Waals surface area (Å²) in [7, 11) is 0. The van der Waals surface area contributed by atoms with Crippen LogP contribution in [-0.2, 0) is 0 Å². The Kier molecular flexibility index (Phi) is 4.88. The second-order valence-corrected chi connectivity index (χ2v) is 5.03. The van der Waals surface area contributed by atoms with E-state index < -0.39 is 18.6 Å². The number of amides is 1. The second kappa shape index (κ2) is 6.68. The zero-order valence-electron chi connectivity index (χ0n) is 12.4. The van der Waals surface area contributed by atoms with Crippen molar-refractivity contribution in [2.75, 3.05) is 13.1 Å². The quantitative estimate of drug-likeness (QED) is 0.785. The van der Waals surface area contributed by atoms with Crippen LogP contribution in [0, 0.1) is 6.92 Å². The molecule has 2 rings (SSSR count). The molecule has 7 heteroatoms. The average Bonchev–Trinajstić information content (AvgIpc) is 2.95. The van der Waals surface area contributed by atoms with Gasteiger partial charge in [-0.25, -0.2) is 0 Å². The van der Waals surface area contributed by atoms with Gasteiger partial charge >= 0.3 is 6.18 Å². The van der Waals surface area contributed by atoms with Gasteiger partial charge in [-0.2, -0.15) is 13.2 Å². The van der Waals surface area contributed by atoms with E-state index in [1.54, 1.807) is 12.1 Å². The first kappa shape index (κ1) is 16.8. The molecule has 0 N–H and O–H groups in total. The van der Waals surface area contributed by atoms with Crippen LogP contribution in [0.1, 0.15) is 16.1 Å². The van der Waals surface area contributed by atoms with Crippen molar-refractivity contribution in [1.82, 2.24) is 10.1 Å². The molecule has 0 spiro atoms. The normalized spacial score (nSPS) is 11.3. The Hall–Kier alpha value is -2.57. The summed E-state index contributed by atoms with van der Waals surface area (Å²) in [4.78, 5) is 12.8. The molecule has 0 saturated heterocycles. The molecule has 0 bridgehead atoms. The number of carbonyl (C=O) groups is 1. The van der Waals surface area contributed by atoms with E-state index in [1.807, 2.05) is 19.1 Å². The lowest BCUT2D eigenvalue weighted by molar-refractivity contribution is -0.139. The fourth-order valence-corrected chi connectivity index (χ4v) is 1.98. The predicted molar refractivity (Wildman–Crippen MR) is 78.8 cm³/mol. The van der Waals surface area contributed by atoms with Crippen LogP contribution in [0.2, 0.25) is 0 Å². The molecule has 2 aromatic rings. The van der Waals surface area contributed by atoms with E-state index >= 15 is 0 Å². The minimum absolute atomic E-state index is 0.237. The van der Waals surface area contributed by atoms with Gasteiger partial charge in [-0.05, 0) is 6.92 Å². The molecule has 0 radical (unpaired) electrons. The summed E-state index contributed by atoms with van der Waals surface area (Å²) < 4.78 is 42.5. The van der Waals surface area contributed by atoms with Gasteiger partial charge in [0.15, 0.2) is 0 Å². The van der Waals surface area contributed by atoms with Gasteiger partial charge in [0, 0.05) is 18.2 Å². The van der Waals surface area contributed by atoms with Gasteiger partial charge in [-0.3, -0.25) is 4.79 Å².